The second-order valence-corrected chi connectivity index (χ2v) is 7.66. The van der Waals surface area contributed by atoms with E-state index >= 15 is 0 Å². The second-order valence-electron chi connectivity index (χ2n) is 7.66. The minimum absolute atomic E-state index is 0.115. The molecule has 1 aliphatic heterocycles. The topological polar surface area (TPSA) is 44.8 Å². The number of nitrogens with zero attached hydrogens (tertiary/aromatic N) is 2. The summed E-state index contributed by atoms with van der Waals surface area (Å²) in [4.78, 5) is 17.4. The van der Waals surface area contributed by atoms with Crippen LogP contribution in [0.4, 0.5) is 5.69 Å². The average Bonchev–Trinajstić information content (AvgIpc) is 2.79. The summed E-state index contributed by atoms with van der Waals surface area (Å²) in [5.41, 5.74) is 2.46. The first kappa shape index (κ1) is 21.2. The molecule has 5 nitrogen and oxygen atoms in total. The van der Waals surface area contributed by atoms with Gasteiger partial charge in [0.05, 0.1) is 13.2 Å². The molecule has 3 rings (SSSR count). The van der Waals surface area contributed by atoms with Crippen molar-refractivity contribution in [3.05, 3.63) is 60.2 Å². The molecule has 2 aromatic carbocycles. The Hall–Kier alpha value is -2.53. The molecule has 1 fully saturated rings. The van der Waals surface area contributed by atoms with Crippen molar-refractivity contribution in [1.82, 2.24) is 10.2 Å². The van der Waals surface area contributed by atoms with Crippen LogP contribution in [0.15, 0.2) is 54.6 Å². The van der Waals surface area contributed by atoms with Crippen LogP contribution in [-0.4, -0.2) is 56.7 Å². The Morgan fingerprint density at radius 2 is 1.79 bits per heavy atom. The van der Waals surface area contributed by atoms with Gasteiger partial charge >= 0.3 is 0 Å². The number of piperazine rings is 1. The number of hydrogen-bond donors (Lipinski definition) is 1. The van der Waals surface area contributed by atoms with Crippen molar-refractivity contribution in [1.29, 1.82) is 0 Å². The Bertz CT molecular complexity index is 773. The molecule has 1 N–H and O–H groups in total. The van der Waals surface area contributed by atoms with Crippen LogP contribution in [0.5, 0.6) is 5.75 Å². The first-order valence-corrected chi connectivity index (χ1v) is 10.6. The van der Waals surface area contributed by atoms with E-state index in [0.29, 0.717) is 12.5 Å². The maximum absolute atomic E-state index is 12.7. The van der Waals surface area contributed by atoms with Crippen molar-refractivity contribution < 1.29 is 9.53 Å². The highest BCUT2D eigenvalue weighted by Crippen LogP contribution is 2.23. The molecule has 1 aliphatic rings. The van der Waals surface area contributed by atoms with E-state index < -0.39 is 0 Å². The maximum atomic E-state index is 12.7. The zero-order valence-corrected chi connectivity index (χ0v) is 17.8. The lowest BCUT2D eigenvalue weighted by Gasteiger charge is -2.38. The fourth-order valence-corrected chi connectivity index (χ4v) is 3.94. The smallest absolute Gasteiger partial charge is 0.237 e. The lowest BCUT2D eigenvalue weighted by molar-refractivity contribution is -0.126. The van der Waals surface area contributed by atoms with Crippen molar-refractivity contribution in [2.24, 2.45) is 0 Å². The van der Waals surface area contributed by atoms with Crippen LogP contribution in [0.3, 0.4) is 0 Å². The molecule has 0 unspecified atom stereocenters. The van der Waals surface area contributed by atoms with Gasteiger partial charge in [0.2, 0.25) is 5.91 Å². The fourth-order valence-electron chi connectivity index (χ4n) is 3.94. The summed E-state index contributed by atoms with van der Waals surface area (Å²) in [5.74, 6) is 1.35. The van der Waals surface area contributed by atoms with Crippen LogP contribution in [0.2, 0.25) is 0 Å². The minimum Gasteiger partial charge on any atom is -0.497 e. The van der Waals surface area contributed by atoms with Crippen molar-refractivity contribution in [3.63, 3.8) is 0 Å². The normalized spacial score (nSPS) is 16.9. The number of benzene rings is 2. The van der Waals surface area contributed by atoms with E-state index in [2.05, 4.69) is 58.4 Å². The highest BCUT2D eigenvalue weighted by molar-refractivity contribution is 5.81. The van der Waals surface area contributed by atoms with Gasteiger partial charge in [-0.25, -0.2) is 0 Å². The van der Waals surface area contributed by atoms with Gasteiger partial charge in [-0.1, -0.05) is 43.3 Å². The van der Waals surface area contributed by atoms with Gasteiger partial charge in [0, 0.05) is 50.4 Å². The summed E-state index contributed by atoms with van der Waals surface area (Å²) in [6.45, 7) is 8.45. The summed E-state index contributed by atoms with van der Waals surface area (Å²) < 4.78 is 5.33. The van der Waals surface area contributed by atoms with Crippen LogP contribution in [0.25, 0.3) is 0 Å². The van der Waals surface area contributed by atoms with E-state index in [1.165, 1.54) is 11.3 Å². The molecule has 2 atom stereocenters. The summed E-state index contributed by atoms with van der Waals surface area (Å²) in [5, 5.41) is 3.18. The SMILES string of the molecule is CC[C@H](CNC(=O)[C@@H](C)N1CCN(c2cccc(OC)c2)CC1)c1ccccc1. The van der Waals surface area contributed by atoms with Crippen LogP contribution < -0.4 is 15.0 Å². The molecule has 2 aromatic rings. The first-order valence-electron chi connectivity index (χ1n) is 10.6. The van der Waals surface area contributed by atoms with Gasteiger partial charge < -0.3 is 15.0 Å². The van der Waals surface area contributed by atoms with Gasteiger partial charge in [0.25, 0.3) is 0 Å². The Morgan fingerprint density at radius 1 is 1.07 bits per heavy atom. The third-order valence-electron chi connectivity index (χ3n) is 5.95. The van der Waals surface area contributed by atoms with Gasteiger partial charge in [-0.3, -0.25) is 9.69 Å². The third-order valence-corrected chi connectivity index (χ3v) is 5.95. The largest absolute Gasteiger partial charge is 0.497 e. The molecule has 0 aromatic heterocycles. The number of methoxy groups -OCH3 is 1. The Morgan fingerprint density at radius 3 is 2.45 bits per heavy atom. The quantitative estimate of drug-likeness (QED) is 0.743. The predicted molar refractivity (Wildman–Crippen MR) is 119 cm³/mol. The number of anilines is 1. The number of carbonyl (C=O) groups is 1. The molecule has 0 bridgehead atoms. The van der Waals surface area contributed by atoms with E-state index in [-0.39, 0.29) is 11.9 Å². The van der Waals surface area contributed by atoms with Crippen LogP contribution in [0.1, 0.15) is 31.7 Å². The summed E-state index contributed by atoms with van der Waals surface area (Å²) in [7, 11) is 1.69. The van der Waals surface area contributed by atoms with E-state index in [9.17, 15) is 4.79 Å². The molecule has 1 saturated heterocycles. The minimum atomic E-state index is -0.115. The van der Waals surface area contributed by atoms with E-state index in [4.69, 9.17) is 4.74 Å². The van der Waals surface area contributed by atoms with Gasteiger partial charge in [-0.05, 0) is 31.0 Å². The molecule has 0 spiro atoms. The Kier molecular flexibility index (Phi) is 7.53. The summed E-state index contributed by atoms with van der Waals surface area (Å²) >= 11 is 0. The molecule has 5 heteroatoms. The summed E-state index contributed by atoms with van der Waals surface area (Å²) in [6.07, 6.45) is 1.01. The van der Waals surface area contributed by atoms with E-state index in [0.717, 1.165) is 38.3 Å². The average molecular weight is 396 g/mol. The third kappa shape index (κ3) is 5.51. The number of carbonyl (C=O) groups excluding carboxylic acids is 1. The maximum Gasteiger partial charge on any atom is 0.237 e. The van der Waals surface area contributed by atoms with Crippen molar-refractivity contribution in [3.8, 4) is 5.75 Å². The Labute approximate surface area is 174 Å². The van der Waals surface area contributed by atoms with E-state index in [1.54, 1.807) is 7.11 Å². The molecular formula is C24H33N3O2. The van der Waals surface area contributed by atoms with Gasteiger partial charge in [0.15, 0.2) is 0 Å². The van der Waals surface area contributed by atoms with Gasteiger partial charge in [-0.15, -0.1) is 0 Å². The molecule has 1 heterocycles. The standard InChI is InChI=1S/C24H33N3O2/c1-4-20(21-9-6-5-7-10-21)18-25-24(28)19(2)26-13-15-27(16-14-26)22-11-8-12-23(17-22)29-3/h5-12,17,19-20H,4,13-16,18H2,1-3H3,(H,25,28)/t19-,20-/m1/s1. The van der Waals surface area contributed by atoms with Crippen LogP contribution in [0, 0.1) is 0 Å². The highest BCUT2D eigenvalue weighted by Gasteiger charge is 2.26. The molecule has 0 saturated carbocycles. The zero-order chi connectivity index (χ0) is 20.6. The molecule has 156 valence electrons. The van der Waals surface area contributed by atoms with Gasteiger partial charge in [-0.2, -0.15) is 0 Å². The summed E-state index contributed by atoms with van der Waals surface area (Å²) in [6, 6.07) is 18.5. The lowest BCUT2D eigenvalue weighted by Crippen LogP contribution is -2.54. The predicted octanol–water partition coefficient (Wildman–Crippen LogP) is 3.52. The van der Waals surface area contributed by atoms with E-state index in [1.807, 2.05) is 25.1 Å². The van der Waals surface area contributed by atoms with Crippen molar-refractivity contribution in [2.75, 3.05) is 44.7 Å². The Balaban J connectivity index is 1.49. The molecule has 29 heavy (non-hydrogen) atoms. The highest BCUT2D eigenvalue weighted by atomic mass is 16.5. The van der Waals surface area contributed by atoms with Crippen LogP contribution in [-0.2, 0) is 4.79 Å². The van der Waals surface area contributed by atoms with Crippen molar-refractivity contribution in [2.45, 2.75) is 32.2 Å². The zero-order valence-electron chi connectivity index (χ0n) is 17.8. The molecule has 0 radical (unpaired) electrons. The number of amides is 1. The van der Waals surface area contributed by atoms with Crippen molar-refractivity contribution >= 4 is 11.6 Å². The number of hydrogen-bond acceptors (Lipinski definition) is 4. The fraction of sp³-hybridized carbons (Fsp3) is 0.458. The number of nitrogens with one attached hydrogen (secondary N) is 1. The second kappa shape index (κ2) is 10.3. The van der Waals surface area contributed by atoms with Gasteiger partial charge in [0.1, 0.15) is 5.75 Å². The van der Waals surface area contributed by atoms with Crippen LogP contribution >= 0.6 is 0 Å². The molecular weight excluding hydrogens is 362 g/mol. The molecule has 0 aliphatic carbocycles. The monoisotopic (exact) mass is 395 g/mol. The first-order chi connectivity index (χ1) is 14.1. The lowest BCUT2D eigenvalue weighted by atomic mass is 9.96. The molecule has 1 amide bonds. The number of rotatable bonds is 8. The number of ether oxygens (including phenoxy) is 1.